The molecule has 0 aromatic carbocycles. The molecule has 36 heavy (non-hydrogen) atoms. The van der Waals surface area contributed by atoms with E-state index >= 15 is 0 Å². The zero-order valence-corrected chi connectivity index (χ0v) is 20.9. The predicted molar refractivity (Wildman–Crippen MR) is 130 cm³/mol. The van der Waals surface area contributed by atoms with Gasteiger partial charge < -0.3 is 21.0 Å². The van der Waals surface area contributed by atoms with E-state index in [-0.39, 0.29) is 28.8 Å². The van der Waals surface area contributed by atoms with Crippen LogP contribution >= 0.6 is 34.7 Å². The third-order valence-electron chi connectivity index (χ3n) is 5.55. The number of carbonyl (C=O) groups excluding carboxylic acids is 2. The Morgan fingerprint density at radius 1 is 1.44 bits per heavy atom. The van der Waals surface area contributed by atoms with Gasteiger partial charge in [-0.1, -0.05) is 26.4 Å². The Morgan fingerprint density at radius 3 is 2.94 bits per heavy atom. The molecule has 13 nitrogen and oxygen atoms in total. The van der Waals surface area contributed by atoms with Gasteiger partial charge in [0, 0.05) is 22.8 Å². The average molecular weight is 550 g/mol. The van der Waals surface area contributed by atoms with Gasteiger partial charge in [-0.25, -0.2) is 14.3 Å². The first-order valence-electron chi connectivity index (χ1n) is 10.3. The second-order valence-electron chi connectivity index (χ2n) is 7.70. The van der Waals surface area contributed by atoms with Crippen LogP contribution in [0.5, 0.6) is 0 Å². The number of imidazole rings is 1. The number of nitrogens with one attached hydrogen (secondary N) is 1. The number of halogens is 1. The molecule has 2 atom stereocenters. The number of β-lactam (4-membered cyclic amide) rings is 1. The lowest BCUT2D eigenvalue weighted by Gasteiger charge is -2.49. The molecule has 5 rings (SSSR count). The van der Waals surface area contributed by atoms with Crippen LogP contribution in [0.25, 0.3) is 5.65 Å². The molecule has 2 aliphatic rings. The molecule has 2 amide bonds. The number of oxime groups is 1. The number of nitrogens with zero attached hydrogens (tertiary/aromatic N) is 6. The molecule has 0 unspecified atom stereocenters. The van der Waals surface area contributed by atoms with Crippen molar-refractivity contribution in [3.8, 4) is 0 Å². The maximum atomic E-state index is 13.0. The van der Waals surface area contributed by atoms with Crippen molar-refractivity contribution >= 4 is 69.0 Å². The van der Waals surface area contributed by atoms with Gasteiger partial charge in [-0.3, -0.25) is 14.5 Å². The van der Waals surface area contributed by atoms with Gasteiger partial charge in [0.2, 0.25) is 0 Å². The van der Waals surface area contributed by atoms with Gasteiger partial charge in [0.1, 0.15) is 42.7 Å². The molecular weight excluding hydrogens is 532 g/mol. The van der Waals surface area contributed by atoms with Crippen LogP contribution in [0.4, 0.5) is 5.13 Å². The van der Waals surface area contributed by atoms with Gasteiger partial charge in [0.15, 0.2) is 22.2 Å². The first-order valence-corrected chi connectivity index (χ1v) is 12.7. The highest BCUT2D eigenvalue weighted by atomic mass is 35.5. The Morgan fingerprint density at radius 2 is 2.25 bits per heavy atom. The maximum Gasteiger partial charge on any atom is 0.352 e. The number of hydrogen-bond acceptors (Lipinski definition) is 10. The van der Waals surface area contributed by atoms with Gasteiger partial charge in [-0.2, -0.15) is 0 Å². The quantitative estimate of drug-likeness (QED) is 0.160. The predicted octanol–water partition coefficient (Wildman–Crippen LogP) is 0.103. The molecule has 3 aromatic rings. The highest BCUT2D eigenvalue weighted by Crippen LogP contribution is 2.40. The summed E-state index contributed by atoms with van der Waals surface area (Å²) < 4.78 is 3.40. The van der Waals surface area contributed by atoms with E-state index in [1.165, 1.54) is 23.8 Å². The smallest absolute Gasteiger partial charge is 0.352 e. The van der Waals surface area contributed by atoms with Gasteiger partial charge >= 0.3 is 11.6 Å². The molecule has 1 fully saturated rings. The number of hydrogen-bond donors (Lipinski definition) is 3. The molecule has 1 saturated heterocycles. The summed E-state index contributed by atoms with van der Waals surface area (Å²) in [6.07, 6.45) is 3.46. The van der Waals surface area contributed by atoms with Gasteiger partial charge in [-0.15, -0.1) is 23.1 Å². The van der Waals surface area contributed by atoms with E-state index in [9.17, 15) is 19.5 Å². The van der Waals surface area contributed by atoms with E-state index in [0.717, 1.165) is 11.3 Å². The monoisotopic (exact) mass is 549 g/mol. The number of amides is 2. The van der Waals surface area contributed by atoms with Crippen LogP contribution < -0.4 is 15.6 Å². The number of carboxylic acids is 1. The summed E-state index contributed by atoms with van der Waals surface area (Å²) in [5.74, 6) is -2.10. The number of rotatable bonds is 7. The van der Waals surface area contributed by atoms with E-state index in [0.29, 0.717) is 22.1 Å². The summed E-state index contributed by atoms with van der Waals surface area (Å²) in [4.78, 5) is 48.1. The van der Waals surface area contributed by atoms with Crippen LogP contribution in [-0.2, 0) is 25.8 Å². The van der Waals surface area contributed by atoms with E-state index in [1.54, 1.807) is 34.4 Å². The van der Waals surface area contributed by atoms with Crippen LogP contribution in [0.1, 0.15) is 5.69 Å². The van der Waals surface area contributed by atoms with Crippen LogP contribution in [0, 0.1) is 0 Å². The molecule has 0 saturated carbocycles. The number of thiazole rings is 1. The fourth-order valence-electron chi connectivity index (χ4n) is 4.01. The van der Waals surface area contributed by atoms with Crippen LogP contribution in [0.2, 0.25) is 5.15 Å². The number of anilines is 1. The molecule has 16 heteroatoms. The first kappa shape index (κ1) is 24.0. The molecule has 0 spiro atoms. The van der Waals surface area contributed by atoms with E-state index in [2.05, 4.69) is 20.6 Å². The Kier molecular flexibility index (Phi) is 6.27. The normalized spacial score (nSPS) is 19.8. The van der Waals surface area contributed by atoms with Crippen molar-refractivity contribution in [2.75, 3.05) is 18.6 Å². The Labute approximate surface area is 216 Å². The molecule has 5 heterocycles. The van der Waals surface area contributed by atoms with E-state index in [4.69, 9.17) is 22.2 Å². The lowest BCUT2D eigenvalue weighted by atomic mass is 10.0. The van der Waals surface area contributed by atoms with Gasteiger partial charge in [-0.05, 0) is 6.07 Å². The Hall–Kier alpha value is -3.69. The third kappa shape index (κ3) is 4.14. The average Bonchev–Trinajstić information content (AvgIpc) is 3.45. The molecule has 2 aliphatic heterocycles. The van der Waals surface area contributed by atoms with Crippen molar-refractivity contribution in [1.29, 1.82) is 0 Å². The zero-order valence-electron chi connectivity index (χ0n) is 18.5. The summed E-state index contributed by atoms with van der Waals surface area (Å²) in [5, 5.41) is 22.0. The van der Waals surface area contributed by atoms with Crippen LogP contribution in [0.3, 0.4) is 0 Å². The van der Waals surface area contributed by atoms with E-state index < -0.39 is 29.2 Å². The number of thioether (sulfide) groups is 1. The second-order valence-corrected chi connectivity index (χ2v) is 10.1. The minimum Gasteiger partial charge on any atom is -0.477 e. The Balaban J connectivity index is 1.37. The van der Waals surface area contributed by atoms with Gasteiger partial charge in [0.05, 0.1) is 0 Å². The van der Waals surface area contributed by atoms with Crippen molar-refractivity contribution in [1.82, 2.24) is 24.8 Å². The summed E-state index contributed by atoms with van der Waals surface area (Å²) in [5.41, 5.74) is 6.87. The second kappa shape index (κ2) is 9.40. The number of aromatic nitrogens is 4. The first-order chi connectivity index (χ1) is 17.3. The third-order valence-corrected chi connectivity index (χ3v) is 7.76. The SMILES string of the molecule is CO/N=C(\C(=O)N[C@@H]1C(=O)N2C(C(=O)O)=C(C[n+]3ccn4nc(Cl)ccc43)CS[C@H]12)c1csc(N)n1. The summed E-state index contributed by atoms with van der Waals surface area (Å²) in [6, 6.07) is 2.47. The van der Waals surface area contributed by atoms with Crippen molar-refractivity contribution < 1.29 is 28.9 Å². The minimum atomic E-state index is -1.22. The maximum absolute atomic E-state index is 13.0. The van der Waals surface area contributed by atoms with Crippen LogP contribution in [0.15, 0.2) is 46.3 Å². The molecule has 4 N–H and O–H groups in total. The minimum absolute atomic E-state index is 0.0962. The Bertz CT molecular complexity index is 1470. The zero-order chi connectivity index (χ0) is 25.6. The van der Waals surface area contributed by atoms with Crippen molar-refractivity contribution in [2.45, 2.75) is 18.0 Å². The fourth-order valence-corrected chi connectivity index (χ4v) is 6.04. The lowest BCUT2D eigenvalue weighted by Crippen LogP contribution is -2.71. The fraction of sp³-hybridized carbons (Fsp3) is 0.250. The topological polar surface area (TPSA) is 168 Å². The number of nitrogen functional groups attached to an aromatic ring is 1. The molecular formula is C20H18ClN8O5S2+. The van der Waals surface area contributed by atoms with Crippen molar-refractivity contribution in [3.63, 3.8) is 0 Å². The number of fused-ring (bicyclic) bond motifs is 2. The van der Waals surface area contributed by atoms with Gasteiger partial charge in [0.25, 0.3) is 11.8 Å². The number of carboxylic acid groups (broad SMARTS) is 1. The number of nitrogens with two attached hydrogens (primary N) is 1. The largest absolute Gasteiger partial charge is 0.477 e. The van der Waals surface area contributed by atoms with Crippen molar-refractivity contribution in [3.05, 3.63) is 52.0 Å². The lowest BCUT2D eigenvalue weighted by molar-refractivity contribution is -0.662. The summed E-state index contributed by atoms with van der Waals surface area (Å²) in [7, 11) is 1.28. The standard InChI is InChI=1S/C20H17ClN8O5S2/c1-34-26-13(10-8-36-20(22)23-10)16(30)24-14-17(31)29-15(19(32)33)9(7-35-18(14)29)6-27-4-5-28-12(27)3-2-11(21)25-28/h2-5,8,14,18H,6-7H2,1H3,(H3-,22,23,24,30,32,33)/p+1/b26-13-/t14-,18-/m1/s1. The molecule has 3 aromatic heterocycles. The number of carbonyl (C=O) groups is 3. The number of aliphatic carboxylic acids is 1. The molecule has 0 radical (unpaired) electrons. The van der Waals surface area contributed by atoms with Crippen LogP contribution in [-0.4, -0.2) is 72.4 Å². The molecule has 0 bridgehead atoms. The summed E-state index contributed by atoms with van der Waals surface area (Å²) in [6.45, 7) is 0.234. The molecule has 186 valence electrons. The summed E-state index contributed by atoms with van der Waals surface area (Å²) >= 11 is 8.42. The van der Waals surface area contributed by atoms with E-state index in [1.807, 2.05) is 4.57 Å². The molecule has 0 aliphatic carbocycles. The van der Waals surface area contributed by atoms with Crippen molar-refractivity contribution in [2.24, 2.45) is 5.16 Å². The highest BCUT2D eigenvalue weighted by molar-refractivity contribution is 8.00. The highest BCUT2D eigenvalue weighted by Gasteiger charge is 2.54.